The van der Waals surface area contributed by atoms with Gasteiger partial charge in [0.2, 0.25) is 0 Å². The molecule has 0 radical (unpaired) electrons. The normalized spacial score (nSPS) is 11.7. The van der Waals surface area contributed by atoms with Crippen molar-refractivity contribution in [3.8, 4) is 0 Å². The predicted molar refractivity (Wildman–Crippen MR) is 87.6 cm³/mol. The van der Waals surface area contributed by atoms with Crippen LogP contribution < -0.4 is 10.6 Å². The van der Waals surface area contributed by atoms with Crippen molar-refractivity contribution >= 4 is 29.2 Å². The number of anilines is 1. The Labute approximate surface area is 142 Å². The van der Waals surface area contributed by atoms with Gasteiger partial charge in [-0.15, -0.1) is 0 Å². The molecule has 0 aliphatic heterocycles. The van der Waals surface area contributed by atoms with E-state index in [1.165, 1.54) is 18.3 Å². The molecule has 0 unspecified atom stereocenters. The van der Waals surface area contributed by atoms with Crippen molar-refractivity contribution in [3.05, 3.63) is 71.3 Å². The third-order valence-corrected chi connectivity index (χ3v) is 3.43. The second-order valence-electron chi connectivity index (χ2n) is 4.88. The van der Waals surface area contributed by atoms with Crippen molar-refractivity contribution in [1.82, 2.24) is 15.5 Å². The Balaban J connectivity index is 1.82. The van der Waals surface area contributed by atoms with Crippen LogP contribution in [0.15, 0.2) is 59.1 Å². The molecule has 122 valence electrons. The van der Waals surface area contributed by atoms with Gasteiger partial charge in [-0.1, -0.05) is 30.3 Å². The zero-order valence-electron chi connectivity index (χ0n) is 12.3. The first-order chi connectivity index (χ1) is 11.6. The van der Waals surface area contributed by atoms with Crippen molar-refractivity contribution in [2.75, 3.05) is 5.32 Å². The summed E-state index contributed by atoms with van der Waals surface area (Å²) in [5, 5.41) is 11.8. The molecule has 0 spiro atoms. The molecule has 0 saturated carbocycles. The molecule has 3 rings (SSSR count). The maximum Gasteiger partial charge on any atom is 0.287 e. The van der Waals surface area contributed by atoms with Gasteiger partial charge in [0.15, 0.2) is 11.0 Å². The Morgan fingerprint density at radius 3 is 2.54 bits per heavy atom. The minimum absolute atomic E-state index is 0.0234. The summed E-state index contributed by atoms with van der Waals surface area (Å²) in [6.07, 6.45) is 1.51. The molecule has 7 nitrogen and oxygen atoms in total. The van der Waals surface area contributed by atoms with Crippen LogP contribution in [0.5, 0.6) is 0 Å². The third kappa shape index (κ3) is 3.64. The average Bonchev–Trinajstić information content (AvgIpc) is 3.24. The van der Waals surface area contributed by atoms with Gasteiger partial charge in [0.05, 0.1) is 6.20 Å². The molecule has 2 amide bonds. The Hall–Kier alpha value is -3.06. The van der Waals surface area contributed by atoms with E-state index in [1.54, 1.807) is 30.3 Å². The number of aromatic nitrogens is 2. The Morgan fingerprint density at radius 1 is 1.12 bits per heavy atom. The number of hydrogen-bond donors (Lipinski definition) is 3. The Bertz CT molecular complexity index is 830. The van der Waals surface area contributed by atoms with E-state index in [0.717, 1.165) is 0 Å². The number of carbonyl (C=O) groups is 2. The highest BCUT2D eigenvalue weighted by atomic mass is 35.5. The molecule has 2 heterocycles. The molecular weight excluding hydrogens is 332 g/mol. The lowest BCUT2D eigenvalue weighted by Gasteiger charge is -2.17. The topological polar surface area (TPSA) is 100 Å². The van der Waals surface area contributed by atoms with Crippen molar-refractivity contribution < 1.29 is 14.0 Å². The Morgan fingerprint density at radius 2 is 1.92 bits per heavy atom. The molecule has 24 heavy (non-hydrogen) atoms. The fourth-order valence-corrected chi connectivity index (χ4v) is 2.26. The van der Waals surface area contributed by atoms with E-state index in [4.69, 9.17) is 16.0 Å². The molecule has 1 atom stereocenters. The van der Waals surface area contributed by atoms with Crippen LogP contribution in [0, 0.1) is 0 Å². The van der Waals surface area contributed by atoms with Crippen molar-refractivity contribution in [2.45, 2.75) is 6.04 Å². The first kappa shape index (κ1) is 15.8. The first-order valence-electron chi connectivity index (χ1n) is 7.05. The van der Waals surface area contributed by atoms with Crippen LogP contribution in [0.3, 0.4) is 0 Å². The van der Waals surface area contributed by atoms with Crippen LogP contribution in [0.1, 0.15) is 22.2 Å². The Kier molecular flexibility index (Phi) is 4.62. The van der Waals surface area contributed by atoms with Crippen LogP contribution in [0.25, 0.3) is 0 Å². The van der Waals surface area contributed by atoms with Crippen LogP contribution >= 0.6 is 11.6 Å². The number of nitrogens with one attached hydrogen (secondary N) is 3. The summed E-state index contributed by atoms with van der Waals surface area (Å²) >= 11 is 5.68. The van der Waals surface area contributed by atoms with E-state index >= 15 is 0 Å². The maximum atomic E-state index is 12.6. The number of carbonyl (C=O) groups excluding carboxylic acids is 2. The second kappa shape index (κ2) is 7.01. The van der Waals surface area contributed by atoms with Gasteiger partial charge in [-0.2, -0.15) is 5.10 Å². The van der Waals surface area contributed by atoms with Gasteiger partial charge in [0.1, 0.15) is 11.9 Å². The van der Waals surface area contributed by atoms with Gasteiger partial charge in [-0.25, -0.2) is 0 Å². The number of nitrogens with zero attached hydrogens (tertiary/aromatic N) is 1. The molecule has 1 aromatic carbocycles. The van der Waals surface area contributed by atoms with E-state index < -0.39 is 17.9 Å². The van der Waals surface area contributed by atoms with Gasteiger partial charge in [0, 0.05) is 6.07 Å². The lowest BCUT2D eigenvalue weighted by Crippen LogP contribution is -2.37. The van der Waals surface area contributed by atoms with Gasteiger partial charge >= 0.3 is 0 Å². The average molecular weight is 345 g/mol. The van der Waals surface area contributed by atoms with Crippen molar-refractivity contribution in [3.63, 3.8) is 0 Å². The SMILES string of the molecule is O=C(N[C@@H](C(=O)Nc1ccn[nH]1)c1ccccc1)c1ccc(Cl)o1. The predicted octanol–water partition coefficient (Wildman–Crippen LogP) is 2.77. The van der Waals surface area contributed by atoms with Gasteiger partial charge in [-0.3, -0.25) is 14.7 Å². The van der Waals surface area contributed by atoms with Crippen LogP contribution in [-0.2, 0) is 4.79 Å². The van der Waals surface area contributed by atoms with E-state index in [2.05, 4.69) is 20.8 Å². The number of amides is 2. The van der Waals surface area contributed by atoms with Crippen LogP contribution in [0.4, 0.5) is 5.82 Å². The molecular formula is C16H13ClN4O3. The molecule has 3 aromatic rings. The summed E-state index contributed by atoms with van der Waals surface area (Å²) in [6.45, 7) is 0. The second-order valence-corrected chi connectivity index (χ2v) is 5.25. The zero-order valence-corrected chi connectivity index (χ0v) is 13.1. The summed E-state index contributed by atoms with van der Waals surface area (Å²) in [5.74, 6) is -0.515. The number of benzene rings is 1. The summed E-state index contributed by atoms with van der Waals surface area (Å²) in [7, 11) is 0. The lowest BCUT2D eigenvalue weighted by atomic mass is 10.1. The van der Waals surface area contributed by atoms with E-state index in [0.29, 0.717) is 11.4 Å². The molecule has 8 heteroatoms. The van der Waals surface area contributed by atoms with Gasteiger partial charge < -0.3 is 15.1 Å². The third-order valence-electron chi connectivity index (χ3n) is 3.23. The van der Waals surface area contributed by atoms with E-state index in [-0.39, 0.29) is 11.0 Å². The van der Waals surface area contributed by atoms with Gasteiger partial charge in [-0.05, 0) is 29.3 Å². The van der Waals surface area contributed by atoms with Crippen LogP contribution in [-0.4, -0.2) is 22.0 Å². The van der Waals surface area contributed by atoms with Crippen molar-refractivity contribution in [2.24, 2.45) is 0 Å². The fourth-order valence-electron chi connectivity index (χ4n) is 2.11. The number of halogens is 1. The zero-order chi connectivity index (χ0) is 16.9. The number of hydrogen-bond acceptors (Lipinski definition) is 4. The molecule has 0 fully saturated rings. The lowest BCUT2D eigenvalue weighted by molar-refractivity contribution is -0.118. The smallest absolute Gasteiger partial charge is 0.287 e. The summed E-state index contributed by atoms with van der Waals surface area (Å²) in [6, 6.07) is 12.5. The molecule has 2 aromatic heterocycles. The number of furan rings is 1. The van der Waals surface area contributed by atoms with Crippen molar-refractivity contribution in [1.29, 1.82) is 0 Å². The highest BCUT2D eigenvalue weighted by Gasteiger charge is 2.25. The largest absolute Gasteiger partial charge is 0.440 e. The first-order valence-corrected chi connectivity index (χ1v) is 7.42. The molecule has 0 aliphatic rings. The summed E-state index contributed by atoms with van der Waals surface area (Å²) in [4.78, 5) is 24.8. The standard InChI is InChI=1S/C16H13ClN4O3/c17-12-7-6-11(24-12)15(22)20-14(10-4-2-1-3-5-10)16(23)19-13-8-9-18-21-13/h1-9,14H,(H,20,22)(H2,18,19,21,23)/t14-/m1/s1. The quantitative estimate of drug-likeness (QED) is 0.662. The summed E-state index contributed by atoms with van der Waals surface area (Å²) in [5.41, 5.74) is 0.625. The minimum atomic E-state index is -0.911. The van der Waals surface area contributed by atoms with E-state index in [9.17, 15) is 9.59 Å². The molecule has 3 N–H and O–H groups in total. The molecule has 0 aliphatic carbocycles. The minimum Gasteiger partial charge on any atom is -0.440 e. The molecule has 0 bridgehead atoms. The maximum absolute atomic E-state index is 12.6. The van der Waals surface area contributed by atoms with Gasteiger partial charge in [0.25, 0.3) is 11.8 Å². The summed E-state index contributed by atoms with van der Waals surface area (Å²) < 4.78 is 5.07. The number of H-pyrrole nitrogens is 1. The number of aromatic amines is 1. The number of rotatable bonds is 5. The highest BCUT2D eigenvalue weighted by molar-refractivity contribution is 6.29. The highest BCUT2D eigenvalue weighted by Crippen LogP contribution is 2.18. The van der Waals surface area contributed by atoms with E-state index in [1.807, 2.05) is 6.07 Å². The fraction of sp³-hybridized carbons (Fsp3) is 0.0625. The monoisotopic (exact) mass is 344 g/mol. The molecule has 0 saturated heterocycles. The van der Waals surface area contributed by atoms with Crippen LogP contribution in [0.2, 0.25) is 5.22 Å².